The Hall–Kier alpha value is -3.20. The molecule has 0 bridgehead atoms. The van der Waals surface area contributed by atoms with Crippen LogP contribution in [0.25, 0.3) is 10.2 Å². The van der Waals surface area contributed by atoms with E-state index in [4.69, 9.17) is 9.47 Å². The maximum absolute atomic E-state index is 12.9. The van der Waals surface area contributed by atoms with Crippen molar-refractivity contribution in [3.63, 3.8) is 0 Å². The minimum absolute atomic E-state index is 0.0785. The average molecular weight is 444 g/mol. The molecule has 0 atom stereocenters. The molecule has 2 aromatic heterocycles. The Bertz CT molecular complexity index is 1120. The van der Waals surface area contributed by atoms with Gasteiger partial charge in [0.15, 0.2) is 0 Å². The molecule has 1 amide bonds. The Morgan fingerprint density at radius 1 is 1.19 bits per heavy atom. The van der Waals surface area contributed by atoms with Crippen LogP contribution < -0.4 is 15.6 Å². The van der Waals surface area contributed by atoms with Crippen LogP contribution in [-0.4, -0.2) is 41.2 Å². The van der Waals surface area contributed by atoms with E-state index in [-0.39, 0.29) is 31.2 Å². The summed E-state index contributed by atoms with van der Waals surface area (Å²) >= 11 is 1.10. The van der Waals surface area contributed by atoms with Crippen molar-refractivity contribution in [3.05, 3.63) is 57.5 Å². The average Bonchev–Trinajstić information content (AvgIpc) is 3.09. The number of carbonyl (C=O) groups is 2. The lowest BCUT2D eigenvalue weighted by Gasteiger charge is -2.09. The lowest BCUT2D eigenvalue weighted by atomic mass is 10.2. The van der Waals surface area contributed by atoms with Crippen LogP contribution in [0.3, 0.4) is 0 Å². The summed E-state index contributed by atoms with van der Waals surface area (Å²) in [4.78, 5) is 42.4. The number of para-hydroxylation sites is 1. The molecular weight excluding hydrogens is 418 g/mol. The number of thiophene rings is 1. The van der Waals surface area contributed by atoms with Crippen molar-refractivity contribution >= 4 is 33.4 Å². The fraction of sp³-hybridized carbons (Fsp3) is 0.364. The number of carbonyl (C=O) groups excluding carboxylic acids is 2. The van der Waals surface area contributed by atoms with Crippen LogP contribution in [0.15, 0.2) is 41.5 Å². The second kappa shape index (κ2) is 10.2. The van der Waals surface area contributed by atoms with Crippen molar-refractivity contribution in [2.75, 3.05) is 19.8 Å². The standard InChI is InChI=1S/C22H25N3O5S/c1-14(2)11-23-17(26)12-25-13-24-20-18(21(25)27)15(3)19(31-20)22(28)30-10-9-29-16-7-5-4-6-8-16/h4-8,13-14H,9-12H2,1-3H3,(H,23,26). The third-order valence-corrected chi connectivity index (χ3v) is 5.63. The van der Waals surface area contributed by atoms with E-state index in [0.717, 1.165) is 11.3 Å². The van der Waals surface area contributed by atoms with Gasteiger partial charge in [-0.3, -0.25) is 14.2 Å². The van der Waals surface area contributed by atoms with Crippen molar-refractivity contribution in [2.45, 2.75) is 27.3 Å². The van der Waals surface area contributed by atoms with Crippen LogP contribution in [0.5, 0.6) is 5.75 Å². The quantitative estimate of drug-likeness (QED) is 0.403. The Kier molecular flexibility index (Phi) is 7.41. The van der Waals surface area contributed by atoms with Crippen molar-refractivity contribution in [1.82, 2.24) is 14.9 Å². The van der Waals surface area contributed by atoms with E-state index >= 15 is 0 Å². The lowest BCUT2D eigenvalue weighted by molar-refractivity contribution is -0.121. The molecule has 0 fully saturated rings. The number of hydrogen-bond donors (Lipinski definition) is 1. The fourth-order valence-corrected chi connectivity index (χ4v) is 3.90. The zero-order valence-electron chi connectivity index (χ0n) is 17.7. The van der Waals surface area contributed by atoms with Gasteiger partial charge in [0.2, 0.25) is 5.91 Å². The Balaban J connectivity index is 1.67. The van der Waals surface area contributed by atoms with Crippen LogP contribution in [0.1, 0.15) is 29.1 Å². The van der Waals surface area contributed by atoms with Gasteiger partial charge >= 0.3 is 5.97 Å². The number of benzene rings is 1. The van der Waals surface area contributed by atoms with E-state index in [2.05, 4.69) is 10.3 Å². The first-order valence-corrected chi connectivity index (χ1v) is 10.8. The number of fused-ring (bicyclic) bond motifs is 1. The molecule has 8 nitrogen and oxygen atoms in total. The van der Waals surface area contributed by atoms with Crippen LogP contribution >= 0.6 is 11.3 Å². The summed E-state index contributed by atoms with van der Waals surface area (Å²) in [6.45, 7) is 6.37. The minimum atomic E-state index is -0.530. The largest absolute Gasteiger partial charge is 0.490 e. The number of nitrogens with one attached hydrogen (secondary N) is 1. The third kappa shape index (κ3) is 5.69. The molecule has 164 valence electrons. The van der Waals surface area contributed by atoms with Gasteiger partial charge in [-0.05, 0) is 30.5 Å². The molecule has 0 saturated carbocycles. The number of aryl methyl sites for hydroxylation is 1. The Morgan fingerprint density at radius 3 is 2.65 bits per heavy atom. The van der Waals surface area contributed by atoms with Gasteiger partial charge in [0.25, 0.3) is 5.56 Å². The minimum Gasteiger partial charge on any atom is -0.490 e. The summed E-state index contributed by atoms with van der Waals surface area (Å²) in [5.41, 5.74) is 0.147. The number of hydrogen-bond acceptors (Lipinski definition) is 7. The van der Waals surface area contributed by atoms with Crippen molar-refractivity contribution in [1.29, 1.82) is 0 Å². The van der Waals surface area contributed by atoms with Crippen LogP contribution in [0.2, 0.25) is 0 Å². The van der Waals surface area contributed by atoms with Crippen LogP contribution in [-0.2, 0) is 16.1 Å². The molecule has 2 heterocycles. The van der Waals surface area contributed by atoms with Crippen molar-refractivity contribution in [2.24, 2.45) is 5.92 Å². The van der Waals surface area contributed by atoms with Gasteiger partial charge in [-0.1, -0.05) is 32.0 Å². The second-order valence-electron chi connectivity index (χ2n) is 7.41. The van der Waals surface area contributed by atoms with Gasteiger partial charge in [0.1, 0.15) is 35.2 Å². The van der Waals surface area contributed by atoms with E-state index in [1.165, 1.54) is 10.9 Å². The molecule has 9 heteroatoms. The van der Waals surface area contributed by atoms with E-state index < -0.39 is 5.97 Å². The fourth-order valence-electron chi connectivity index (χ4n) is 2.87. The van der Waals surface area contributed by atoms with Gasteiger partial charge in [-0.25, -0.2) is 9.78 Å². The predicted octanol–water partition coefficient (Wildman–Crippen LogP) is 2.77. The van der Waals surface area contributed by atoms with Gasteiger partial charge in [-0.2, -0.15) is 0 Å². The molecule has 1 N–H and O–H groups in total. The van der Waals surface area contributed by atoms with Gasteiger partial charge < -0.3 is 14.8 Å². The van der Waals surface area contributed by atoms with E-state index in [9.17, 15) is 14.4 Å². The molecular formula is C22H25N3O5S. The number of ether oxygens (including phenoxy) is 2. The number of amides is 1. The maximum atomic E-state index is 12.9. The number of esters is 1. The van der Waals surface area contributed by atoms with Crippen molar-refractivity contribution < 1.29 is 19.1 Å². The topological polar surface area (TPSA) is 99.5 Å². The summed E-state index contributed by atoms with van der Waals surface area (Å²) in [6, 6.07) is 9.23. The molecule has 3 aromatic rings. The Labute approximate surface area is 183 Å². The number of rotatable bonds is 9. The van der Waals surface area contributed by atoms with Crippen LogP contribution in [0, 0.1) is 12.8 Å². The summed E-state index contributed by atoms with van der Waals surface area (Å²) in [5.74, 6) is 0.214. The highest BCUT2D eigenvalue weighted by molar-refractivity contribution is 7.20. The number of aromatic nitrogens is 2. The van der Waals surface area contributed by atoms with E-state index in [0.29, 0.717) is 38.9 Å². The van der Waals surface area contributed by atoms with E-state index in [1.807, 2.05) is 44.2 Å². The third-order valence-electron chi connectivity index (χ3n) is 4.45. The summed E-state index contributed by atoms with van der Waals surface area (Å²) < 4.78 is 12.1. The first kappa shape index (κ1) is 22.5. The molecule has 31 heavy (non-hydrogen) atoms. The molecule has 0 saturated heterocycles. The molecule has 3 rings (SSSR count). The summed E-state index contributed by atoms with van der Waals surface area (Å²) in [5, 5.41) is 3.10. The normalized spacial score (nSPS) is 11.0. The highest BCUT2D eigenvalue weighted by Gasteiger charge is 2.21. The molecule has 0 aliphatic rings. The predicted molar refractivity (Wildman–Crippen MR) is 119 cm³/mol. The smallest absolute Gasteiger partial charge is 0.348 e. The second-order valence-corrected chi connectivity index (χ2v) is 8.41. The molecule has 0 radical (unpaired) electrons. The number of nitrogens with zero attached hydrogens (tertiary/aromatic N) is 2. The first-order valence-electron chi connectivity index (χ1n) is 9.97. The van der Waals surface area contributed by atoms with Gasteiger partial charge in [-0.15, -0.1) is 11.3 Å². The zero-order chi connectivity index (χ0) is 22.4. The first-order chi connectivity index (χ1) is 14.9. The van der Waals surface area contributed by atoms with Gasteiger partial charge in [0, 0.05) is 6.54 Å². The Morgan fingerprint density at radius 2 is 1.94 bits per heavy atom. The monoisotopic (exact) mass is 443 g/mol. The molecule has 0 aliphatic heterocycles. The van der Waals surface area contributed by atoms with Crippen molar-refractivity contribution in [3.8, 4) is 5.75 Å². The highest BCUT2D eigenvalue weighted by Crippen LogP contribution is 2.27. The van der Waals surface area contributed by atoms with E-state index in [1.54, 1.807) is 6.92 Å². The van der Waals surface area contributed by atoms with Gasteiger partial charge in [0.05, 0.1) is 11.7 Å². The van der Waals surface area contributed by atoms with Crippen LogP contribution in [0.4, 0.5) is 0 Å². The summed E-state index contributed by atoms with van der Waals surface area (Å²) in [7, 11) is 0. The molecule has 0 unspecified atom stereocenters. The molecule has 1 aromatic carbocycles. The SMILES string of the molecule is Cc1c(C(=O)OCCOc2ccccc2)sc2ncn(CC(=O)NCC(C)C)c(=O)c12. The maximum Gasteiger partial charge on any atom is 0.348 e. The molecule has 0 spiro atoms. The molecule has 0 aliphatic carbocycles. The summed E-state index contributed by atoms with van der Waals surface area (Å²) in [6.07, 6.45) is 1.33. The zero-order valence-corrected chi connectivity index (χ0v) is 18.5. The highest BCUT2D eigenvalue weighted by atomic mass is 32.1. The lowest BCUT2D eigenvalue weighted by Crippen LogP contribution is -2.34.